The van der Waals surface area contributed by atoms with Crippen LogP contribution in [0.5, 0.6) is 0 Å². The Bertz CT molecular complexity index is 1230. The van der Waals surface area contributed by atoms with Crippen molar-refractivity contribution >= 4 is 46.7 Å². The van der Waals surface area contributed by atoms with Crippen molar-refractivity contribution in [3.63, 3.8) is 0 Å². The fourth-order valence-corrected chi connectivity index (χ4v) is 5.26. The van der Waals surface area contributed by atoms with Gasteiger partial charge in [0.1, 0.15) is 11.4 Å². The average Bonchev–Trinajstić information content (AvgIpc) is 3.09. The lowest BCUT2D eigenvalue weighted by Crippen LogP contribution is -2.28. The van der Waals surface area contributed by atoms with Gasteiger partial charge in [0.05, 0.1) is 27.2 Å². The van der Waals surface area contributed by atoms with Gasteiger partial charge in [-0.05, 0) is 24.6 Å². The molecule has 3 aromatic rings. The molecule has 0 radical (unpaired) electrons. The third-order valence-corrected chi connectivity index (χ3v) is 6.44. The molecule has 2 aliphatic rings. The molecule has 29 heavy (non-hydrogen) atoms. The fourth-order valence-electron chi connectivity index (χ4n) is 3.99. The number of para-hydroxylation sites is 1. The Morgan fingerprint density at radius 1 is 1.31 bits per heavy atom. The molecule has 1 atom stereocenters. The molecular weight excluding hydrogens is 417 g/mol. The molecule has 2 aromatic carbocycles. The topological polar surface area (TPSA) is 88.6 Å². The van der Waals surface area contributed by atoms with E-state index < -0.39 is 17.2 Å². The Labute approximate surface area is 175 Å². The Hall–Kier alpha value is -2.55. The number of aromatic nitrogens is 1. The zero-order valence-electron chi connectivity index (χ0n) is 15.1. The number of anilines is 1. The Morgan fingerprint density at radius 2 is 2.07 bits per heavy atom. The van der Waals surface area contributed by atoms with Crippen molar-refractivity contribution < 1.29 is 14.3 Å². The number of aromatic carboxylic acids is 1. The Morgan fingerprint density at radius 3 is 2.76 bits per heavy atom. The van der Waals surface area contributed by atoms with Gasteiger partial charge in [-0.1, -0.05) is 23.9 Å². The lowest BCUT2D eigenvalue weighted by molar-refractivity contribution is 0.0695. The van der Waals surface area contributed by atoms with Crippen LogP contribution in [0.2, 0.25) is 0 Å². The quantitative estimate of drug-likeness (QED) is 0.504. The van der Waals surface area contributed by atoms with Crippen LogP contribution in [0.25, 0.3) is 16.6 Å². The van der Waals surface area contributed by atoms with Crippen LogP contribution in [0.15, 0.2) is 51.1 Å². The second kappa shape index (κ2) is 7.05. The summed E-state index contributed by atoms with van der Waals surface area (Å²) in [6.07, 6.45) is 2.11. The summed E-state index contributed by atoms with van der Waals surface area (Å²) in [6, 6.07) is 8.61. The van der Waals surface area contributed by atoms with E-state index in [2.05, 4.69) is 0 Å². The molecule has 9 heteroatoms. The van der Waals surface area contributed by atoms with E-state index in [9.17, 15) is 14.7 Å². The first kappa shape index (κ1) is 19.8. The van der Waals surface area contributed by atoms with Crippen molar-refractivity contribution in [1.29, 1.82) is 0 Å². The van der Waals surface area contributed by atoms with E-state index in [4.69, 9.17) is 5.73 Å². The van der Waals surface area contributed by atoms with Crippen molar-refractivity contribution in [1.82, 2.24) is 4.57 Å². The van der Waals surface area contributed by atoms with E-state index in [-0.39, 0.29) is 29.4 Å². The molecule has 0 aliphatic carbocycles. The monoisotopic (exact) mass is 433 g/mol. The van der Waals surface area contributed by atoms with Crippen molar-refractivity contribution in [3.8, 4) is 5.69 Å². The summed E-state index contributed by atoms with van der Waals surface area (Å²) in [5.41, 5.74) is 6.70. The first-order valence-electron chi connectivity index (χ1n) is 8.88. The molecule has 1 saturated heterocycles. The number of nitrogens with zero attached hydrogens (tertiary/aromatic N) is 2. The zero-order valence-corrected chi connectivity index (χ0v) is 16.7. The van der Waals surface area contributed by atoms with Gasteiger partial charge in [0.25, 0.3) is 0 Å². The molecule has 0 bridgehead atoms. The standard InChI is InChI=1S/C20H16FN3O3S.ClH/c21-13-7-11-16-19(17(13)23-6-5-10(22)8-23)28-15-4-2-1-3-14(15)24(16)9-12(18(11)25)20(26)27;/h1-4,7,9-10H,5-6,8,22H2,(H,26,27);1H/t10-;/m0./s1. The van der Waals surface area contributed by atoms with E-state index >= 15 is 4.39 Å². The molecule has 0 saturated carbocycles. The van der Waals surface area contributed by atoms with Crippen LogP contribution in [-0.4, -0.2) is 34.8 Å². The van der Waals surface area contributed by atoms with Gasteiger partial charge in [-0.25, -0.2) is 9.18 Å². The minimum Gasteiger partial charge on any atom is -0.477 e. The van der Waals surface area contributed by atoms with E-state index in [1.165, 1.54) is 18.0 Å². The molecule has 1 aromatic heterocycles. The van der Waals surface area contributed by atoms with Crippen LogP contribution in [0.1, 0.15) is 16.8 Å². The lowest BCUT2D eigenvalue weighted by Gasteiger charge is -2.28. The molecule has 3 N–H and O–H groups in total. The number of fused-ring (bicyclic) bond motifs is 2. The van der Waals surface area contributed by atoms with Crippen LogP contribution in [0.4, 0.5) is 10.1 Å². The number of carboxylic acid groups (broad SMARTS) is 1. The summed E-state index contributed by atoms with van der Waals surface area (Å²) in [4.78, 5) is 27.8. The average molecular weight is 434 g/mol. The molecule has 6 nitrogen and oxygen atoms in total. The van der Waals surface area contributed by atoms with Gasteiger partial charge in [-0.3, -0.25) is 4.79 Å². The SMILES string of the molecule is Cl.N[C@H]1CCN(c2c(F)cc3c(=O)c(C(=O)O)cn4c3c2Sc2ccccc2-4)C1. The highest BCUT2D eigenvalue weighted by atomic mass is 35.5. The molecule has 0 unspecified atom stereocenters. The maximum absolute atomic E-state index is 15.2. The Balaban J connectivity index is 0.00000205. The second-order valence-electron chi connectivity index (χ2n) is 7.04. The van der Waals surface area contributed by atoms with Gasteiger partial charge in [0, 0.05) is 30.2 Å². The normalized spacial score (nSPS) is 17.2. The van der Waals surface area contributed by atoms with Crippen LogP contribution in [-0.2, 0) is 0 Å². The first-order chi connectivity index (χ1) is 13.5. The number of carbonyl (C=O) groups is 1. The molecule has 150 valence electrons. The molecule has 3 heterocycles. The van der Waals surface area contributed by atoms with Gasteiger partial charge in [-0.2, -0.15) is 0 Å². The highest BCUT2D eigenvalue weighted by molar-refractivity contribution is 8.00. The number of rotatable bonds is 2. The van der Waals surface area contributed by atoms with Gasteiger partial charge < -0.3 is 20.3 Å². The van der Waals surface area contributed by atoms with Gasteiger partial charge in [0.2, 0.25) is 5.43 Å². The third-order valence-electron chi connectivity index (χ3n) is 5.28. The highest BCUT2D eigenvalue weighted by Crippen LogP contribution is 2.48. The predicted molar refractivity (Wildman–Crippen MR) is 113 cm³/mol. The zero-order chi connectivity index (χ0) is 19.6. The molecular formula is C20H17ClFN3O3S. The predicted octanol–water partition coefficient (Wildman–Crippen LogP) is 3.25. The first-order valence-corrected chi connectivity index (χ1v) is 9.70. The smallest absolute Gasteiger partial charge is 0.341 e. The Kier molecular flexibility index (Phi) is 4.80. The maximum atomic E-state index is 15.2. The van der Waals surface area contributed by atoms with Crippen molar-refractivity contribution in [2.75, 3.05) is 18.0 Å². The summed E-state index contributed by atoms with van der Waals surface area (Å²) in [5, 5.41) is 9.54. The number of carboxylic acids is 1. The van der Waals surface area contributed by atoms with Crippen LogP contribution in [0, 0.1) is 5.82 Å². The molecule has 0 amide bonds. The molecule has 5 rings (SSSR count). The third kappa shape index (κ3) is 2.90. The van der Waals surface area contributed by atoms with Gasteiger partial charge >= 0.3 is 5.97 Å². The summed E-state index contributed by atoms with van der Waals surface area (Å²) in [6.45, 7) is 1.17. The number of hydrogen-bond donors (Lipinski definition) is 2. The van der Waals surface area contributed by atoms with Gasteiger partial charge in [0.15, 0.2) is 0 Å². The van der Waals surface area contributed by atoms with E-state index in [0.29, 0.717) is 29.2 Å². The number of hydrogen-bond acceptors (Lipinski definition) is 5. The summed E-state index contributed by atoms with van der Waals surface area (Å²) in [5.74, 6) is -1.86. The van der Waals surface area contributed by atoms with Gasteiger partial charge in [-0.15, -0.1) is 12.4 Å². The van der Waals surface area contributed by atoms with Crippen LogP contribution < -0.4 is 16.1 Å². The number of halogens is 2. The number of nitrogens with two attached hydrogens (primary N) is 1. The second-order valence-corrected chi connectivity index (χ2v) is 8.10. The lowest BCUT2D eigenvalue weighted by atomic mass is 10.1. The molecule has 2 aliphatic heterocycles. The summed E-state index contributed by atoms with van der Waals surface area (Å²) in [7, 11) is 0. The molecule has 0 spiro atoms. The summed E-state index contributed by atoms with van der Waals surface area (Å²) < 4.78 is 16.9. The van der Waals surface area contributed by atoms with Crippen molar-refractivity contribution in [3.05, 3.63) is 58.1 Å². The minimum absolute atomic E-state index is 0. The number of pyridine rings is 1. The van der Waals surface area contributed by atoms with E-state index in [0.717, 1.165) is 23.1 Å². The molecule has 1 fully saturated rings. The number of benzene rings is 2. The maximum Gasteiger partial charge on any atom is 0.341 e. The minimum atomic E-state index is -1.33. The van der Waals surface area contributed by atoms with Crippen LogP contribution in [0.3, 0.4) is 0 Å². The van der Waals surface area contributed by atoms with Crippen molar-refractivity contribution in [2.24, 2.45) is 5.73 Å². The van der Waals surface area contributed by atoms with E-state index in [1.807, 2.05) is 29.2 Å². The highest BCUT2D eigenvalue weighted by Gasteiger charge is 2.31. The largest absolute Gasteiger partial charge is 0.477 e. The van der Waals surface area contributed by atoms with Crippen molar-refractivity contribution in [2.45, 2.75) is 22.3 Å². The summed E-state index contributed by atoms with van der Waals surface area (Å²) >= 11 is 1.40. The fraction of sp³-hybridized carbons (Fsp3) is 0.200. The van der Waals surface area contributed by atoms with E-state index in [1.54, 1.807) is 4.57 Å². The van der Waals surface area contributed by atoms with Crippen LogP contribution >= 0.6 is 24.2 Å².